The van der Waals surface area contributed by atoms with Crippen LogP contribution in [0.15, 0.2) is 0 Å². The van der Waals surface area contributed by atoms with Gasteiger partial charge in [-0.1, -0.05) is 39.5 Å². The molecule has 1 fully saturated rings. The van der Waals surface area contributed by atoms with Crippen molar-refractivity contribution < 1.29 is 0 Å². The Morgan fingerprint density at radius 3 is 2.53 bits per heavy atom. The highest BCUT2D eigenvalue weighted by atomic mass is 15.2. The van der Waals surface area contributed by atoms with Gasteiger partial charge in [0.25, 0.3) is 0 Å². The summed E-state index contributed by atoms with van der Waals surface area (Å²) in [6.45, 7) is 9.63. The van der Waals surface area contributed by atoms with Crippen LogP contribution in [0.4, 0.5) is 0 Å². The minimum atomic E-state index is 0.743. The van der Waals surface area contributed by atoms with Crippen molar-refractivity contribution in [2.75, 3.05) is 20.1 Å². The number of hydrogen-bond donors (Lipinski definition) is 1. The molecule has 0 aliphatic heterocycles. The first-order valence-corrected chi connectivity index (χ1v) is 8.64. The van der Waals surface area contributed by atoms with E-state index < -0.39 is 0 Å². The van der Waals surface area contributed by atoms with E-state index in [-0.39, 0.29) is 0 Å². The van der Waals surface area contributed by atoms with E-state index in [4.69, 9.17) is 0 Å². The van der Waals surface area contributed by atoms with Crippen molar-refractivity contribution in [1.82, 2.24) is 10.2 Å². The van der Waals surface area contributed by atoms with Gasteiger partial charge in [0.1, 0.15) is 0 Å². The molecule has 0 amide bonds. The zero-order valence-corrected chi connectivity index (χ0v) is 13.8. The fourth-order valence-corrected chi connectivity index (χ4v) is 3.40. The monoisotopic (exact) mass is 268 g/mol. The van der Waals surface area contributed by atoms with Crippen molar-refractivity contribution in [2.24, 2.45) is 5.92 Å². The van der Waals surface area contributed by atoms with Crippen LogP contribution >= 0.6 is 0 Å². The molecular weight excluding hydrogens is 232 g/mol. The van der Waals surface area contributed by atoms with Gasteiger partial charge in [-0.25, -0.2) is 0 Å². The highest BCUT2D eigenvalue weighted by Crippen LogP contribution is 2.25. The summed E-state index contributed by atoms with van der Waals surface area (Å²) in [6.07, 6.45) is 11.0. The predicted octanol–water partition coefficient (Wildman–Crippen LogP) is 4.06. The van der Waals surface area contributed by atoms with Crippen molar-refractivity contribution in [1.29, 1.82) is 0 Å². The van der Waals surface area contributed by atoms with Gasteiger partial charge < -0.3 is 10.2 Å². The summed E-state index contributed by atoms with van der Waals surface area (Å²) >= 11 is 0. The Kier molecular flexibility index (Phi) is 8.72. The van der Waals surface area contributed by atoms with E-state index in [1.807, 2.05) is 0 Å². The molecule has 1 aliphatic rings. The Balaban J connectivity index is 2.57. The van der Waals surface area contributed by atoms with E-state index in [1.54, 1.807) is 0 Å². The molecule has 1 aliphatic carbocycles. The second-order valence-corrected chi connectivity index (χ2v) is 6.40. The van der Waals surface area contributed by atoms with Gasteiger partial charge in [-0.15, -0.1) is 0 Å². The Bertz CT molecular complexity index is 217. The first kappa shape index (κ1) is 17.0. The van der Waals surface area contributed by atoms with E-state index in [9.17, 15) is 0 Å². The number of unbranched alkanes of at least 4 members (excludes halogenated alkanes) is 1. The van der Waals surface area contributed by atoms with Crippen LogP contribution in [0.5, 0.6) is 0 Å². The minimum absolute atomic E-state index is 0.743. The molecule has 0 aromatic rings. The Hall–Kier alpha value is -0.0800. The van der Waals surface area contributed by atoms with Crippen LogP contribution in [0.2, 0.25) is 0 Å². The van der Waals surface area contributed by atoms with Crippen LogP contribution in [0.3, 0.4) is 0 Å². The fraction of sp³-hybridized carbons (Fsp3) is 1.00. The lowest BCUT2D eigenvalue weighted by Gasteiger charge is -2.35. The molecular formula is C17H36N2. The van der Waals surface area contributed by atoms with Crippen LogP contribution in [0.25, 0.3) is 0 Å². The maximum Gasteiger partial charge on any atom is 0.0104 e. The SMILES string of the molecule is CCCCN(CC1CCCCCC1NC)C(C)CC. The lowest BCUT2D eigenvalue weighted by atomic mass is 9.93. The molecule has 0 heterocycles. The fourth-order valence-electron chi connectivity index (χ4n) is 3.40. The summed E-state index contributed by atoms with van der Waals surface area (Å²) in [4.78, 5) is 2.75. The van der Waals surface area contributed by atoms with E-state index in [1.165, 1.54) is 64.5 Å². The second kappa shape index (κ2) is 9.77. The summed E-state index contributed by atoms with van der Waals surface area (Å²) < 4.78 is 0. The third kappa shape index (κ3) is 5.83. The summed E-state index contributed by atoms with van der Waals surface area (Å²) in [5, 5.41) is 3.59. The largest absolute Gasteiger partial charge is 0.317 e. The summed E-state index contributed by atoms with van der Waals surface area (Å²) in [5.74, 6) is 0.860. The van der Waals surface area contributed by atoms with Crippen LogP contribution in [0.1, 0.15) is 72.1 Å². The van der Waals surface area contributed by atoms with Gasteiger partial charge in [-0.05, 0) is 52.1 Å². The molecule has 19 heavy (non-hydrogen) atoms. The van der Waals surface area contributed by atoms with Crippen LogP contribution in [-0.4, -0.2) is 37.1 Å². The van der Waals surface area contributed by atoms with E-state index >= 15 is 0 Å². The van der Waals surface area contributed by atoms with Crippen LogP contribution < -0.4 is 5.32 Å². The number of nitrogens with one attached hydrogen (secondary N) is 1. The lowest BCUT2D eigenvalue weighted by Crippen LogP contribution is -2.44. The first-order valence-electron chi connectivity index (χ1n) is 8.64. The van der Waals surface area contributed by atoms with Gasteiger partial charge in [0.05, 0.1) is 0 Å². The molecule has 2 nitrogen and oxygen atoms in total. The van der Waals surface area contributed by atoms with Crippen LogP contribution in [0, 0.1) is 5.92 Å². The Labute approximate surface area is 121 Å². The molecule has 0 aromatic heterocycles. The van der Waals surface area contributed by atoms with Gasteiger partial charge in [0.2, 0.25) is 0 Å². The summed E-state index contributed by atoms with van der Waals surface area (Å²) in [5.41, 5.74) is 0. The normalized spacial score (nSPS) is 26.4. The molecule has 0 bridgehead atoms. The van der Waals surface area contributed by atoms with Crippen LogP contribution in [-0.2, 0) is 0 Å². The number of hydrogen-bond acceptors (Lipinski definition) is 2. The Morgan fingerprint density at radius 1 is 1.16 bits per heavy atom. The average molecular weight is 268 g/mol. The predicted molar refractivity (Wildman–Crippen MR) is 85.7 cm³/mol. The van der Waals surface area contributed by atoms with Gasteiger partial charge >= 0.3 is 0 Å². The van der Waals surface area contributed by atoms with Gasteiger partial charge in [0.15, 0.2) is 0 Å². The van der Waals surface area contributed by atoms with Gasteiger partial charge in [-0.3, -0.25) is 0 Å². The van der Waals surface area contributed by atoms with Crippen molar-refractivity contribution in [3.8, 4) is 0 Å². The standard InChI is InChI=1S/C17H36N2/c1-5-7-13-19(15(3)6-2)14-16-11-9-8-10-12-17(16)18-4/h15-18H,5-14H2,1-4H3. The molecule has 3 atom stereocenters. The molecule has 1 rings (SSSR count). The minimum Gasteiger partial charge on any atom is -0.317 e. The maximum absolute atomic E-state index is 3.59. The topological polar surface area (TPSA) is 15.3 Å². The van der Waals surface area contributed by atoms with Crippen molar-refractivity contribution >= 4 is 0 Å². The molecule has 2 heteroatoms. The number of nitrogens with zero attached hydrogens (tertiary/aromatic N) is 1. The summed E-state index contributed by atoms with van der Waals surface area (Å²) in [6, 6.07) is 1.49. The third-order valence-electron chi connectivity index (χ3n) is 5.01. The highest BCUT2D eigenvalue weighted by molar-refractivity contribution is 4.82. The quantitative estimate of drug-likeness (QED) is 0.668. The molecule has 0 saturated heterocycles. The van der Waals surface area contributed by atoms with Gasteiger partial charge in [-0.2, -0.15) is 0 Å². The highest BCUT2D eigenvalue weighted by Gasteiger charge is 2.25. The lowest BCUT2D eigenvalue weighted by molar-refractivity contribution is 0.149. The second-order valence-electron chi connectivity index (χ2n) is 6.40. The first-order chi connectivity index (χ1) is 9.22. The molecule has 3 unspecified atom stereocenters. The number of rotatable bonds is 8. The average Bonchev–Trinajstić information content (AvgIpc) is 2.67. The third-order valence-corrected chi connectivity index (χ3v) is 5.01. The zero-order chi connectivity index (χ0) is 14.1. The van der Waals surface area contributed by atoms with Crippen molar-refractivity contribution in [3.63, 3.8) is 0 Å². The molecule has 0 radical (unpaired) electrons. The summed E-state index contributed by atoms with van der Waals surface area (Å²) in [7, 11) is 2.16. The van der Waals surface area contributed by atoms with E-state index in [0.29, 0.717) is 0 Å². The molecule has 1 saturated carbocycles. The maximum atomic E-state index is 3.59. The molecule has 0 aromatic carbocycles. The zero-order valence-electron chi connectivity index (χ0n) is 13.8. The van der Waals surface area contributed by atoms with Gasteiger partial charge in [0, 0.05) is 18.6 Å². The molecule has 0 spiro atoms. The van der Waals surface area contributed by atoms with E-state index in [0.717, 1.165) is 18.0 Å². The Morgan fingerprint density at radius 2 is 1.89 bits per heavy atom. The van der Waals surface area contributed by atoms with Crippen molar-refractivity contribution in [2.45, 2.75) is 84.2 Å². The molecule has 114 valence electrons. The molecule has 1 N–H and O–H groups in total. The van der Waals surface area contributed by atoms with Crippen molar-refractivity contribution in [3.05, 3.63) is 0 Å². The van der Waals surface area contributed by atoms with E-state index in [2.05, 4.69) is 38.0 Å². The smallest absolute Gasteiger partial charge is 0.0104 e.